The summed E-state index contributed by atoms with van der Waals surface area (Å²) in [4.78, 5) is 27.4. The van der Waals surface area contributed by atoms with Gasteiger partial charge in [-0.25, -0.2) is 0 Å². The first-order valence-electron chi connectivity index (χ1n) is 9.22. The van der Waals surface area contributed by atoms with E-state index < -0.39 is 5.91 Å². The Balaban J connectivity index is 1.48. The highest BCUT2D eigenvalue weighted by molar-refractivity contribution is 6.34. The van der Waals surface area contributed by atoms with E-state index in [0.717, 1.165) is 5.56 Å². The van der Waals surface area contributed by atoms with Crippen molar-refractivity contribution in [1.29, 1.82) is 0 Å². The number of nitrogens with one attached hydrogen (secondary N) is 2. The van der Waals surface area contributed by atoms with Gasteiger partial charge in [0, 0.05) is 13.1 Å². The molecule has 3 aromatic rings. The molecule has 0 radical (unpaired) electrons. The third-order valence-electron chi connectivity index (χ3n) is 4.33. The Morgan fingerprint density at radius 3 is 2.70 bits per heavy atom. The second kappa shape index (κ2) is 8.59. The fourth-order valence-corrected chi connectivity index (χ4v) is 3.12. The van der Waals surface area contributed by atoms with Crippen LogP contribution in [0.2, 0.25) is 5.02 Å². The zero-order chi connectivity index (χ0) is 21.1. The molecule has 30 heavy (non-hydrogen) atoms. The molecule has 4 rings (SSSR count). The monoisotopic (exact) mass is 430 g/mol. The van der Waals surface area contributed by atoms with Crippen LogP contribution >= 0.6 is 11.6 Å². The van der Waals surface area contributed by atoms with Crippen molar-refractivity contribution in [3.05, 3.63) is 40.5 Å². The largest absolute Gasteiger partial charge is 0.399 e. The molecule has 0 unspecified atom stereocenters. The van der Waals surface area contributed by atoms with Crippen molar-refractivity contribution in [2.75, 3.05) is 41.8 Å². The summed E-state index contributed by atoms with van der Waals surface area (Å²) in [5.41, 5.74) is 1.30. The van der Waals surface area contributed by atoms with Crippen molar-refractivity contribution >= 4 is 41.1 Å². The summed E-state index contributed by atoms with van der Waals surface area (Å²) >= 11 is 6.14. The average molecular weight is 431 g/mol. The van der Waals surface area contributed by atoms with Gasteiger partial charge in [0.25, 0.3) is 0 Å². The number of carbonyl (C=O) groups is 1. The Morgan fingerprint density at radius 1 is 1.13 bits per heavy atom. The SMILES string of the molecule is Cc1nc(Nc2nnc(C(=O)Nc3c(C)cccc3Cl)o2)nc(N2CCOCC2)n1. The second-order valence-corrected chi connectivity index (χ2v) is 6.94. The van der Waals surface area contributed by atoms with Crippen LogP contribution in [0.3, 0.4) is 0 Å². The predicted molar refractivity (Wildman–Crippen MR) is 109 cm³/mol. The van der Waals surface area contributed by atoms with Crippen molar-refractivity contribution in [1.82, 2.24) is 25.1 Å². The summed E-state index contributed by atoms with van der Waals surface area (Å²) in [6.07, 6.45) is 0. The minimum atomic E-state index is -0.576. The fourth-order valence-electron chi connectivity index (χ4n) is 2.85. The number of ether oxygens (including phenoxy) is 1. The van der Waals surface area contributed by atoms with Gasteiger partial charge < -0.3 is 19.4 Å². The summed E-state index contributed by atoms with van der Waals surface area (Å²) in [6, 6.07) is 5.29. The predicted octanol–water partition coefficient (Wildman–Crippen LogP) is 2.36. The summed E-state index contributed by atoms with van der Waals surface area (Å²) in [7, 11) is 0. The molecule has 1 amide bonds. The van der Waals surface area contributed by atoms with Gasteiger partial charge in [0.2, 0.25) is 11.9 Å². The van der Waals surface area contributed by atoms with Gasteiger partial charge >= 0.3 is 17.8 Å². The van der Waals surface area contributed by atoms with Crippen LogP contribution in [0.4, 0.5) is 23.6 Å². The lowest BCUT2D eigenvalue weighted by Gasteiger charge is -2.26. The molecule has 0 spiro atoms. The standard InChI is InChI=1S/C18H19ClN8O3/c1-10-4-3-5-12(19)13(10)22-14(28)15-25-26-18(30-15)24-16-20-11(2)21-17(23-16)27-6-8-29-9-7-27/h3-5H,6-9H2,1-2H3,(H,22,28)(H,20,21,23,24,26). The van der Waals surface area contributed by atoms with Crippen LogP contribution in [-0.4, -0.2) is 57.4 Å². The smallest absolute Gasteiger partial charge is 0.322 e. The van der Waals surface area contributed by atoms with Crippen LogP contribution in [0.5, 0.6) is 0 Å². The summed E-state index contributed by atoms with van der Waals surface area (Å²) < 4.78 is 10.8. The minimum Gasteiger partial charge on any atom is -0.399 e. The number of amides is 1. The van der Waals surface area contributed by atoms with Crippen molar-refractivity contribution in [3.63, 3.8) is 0 Å². The normalized spacial score (nSPS) is 13.9. The van der Waals surface area contributed by atoms with E-state index >= 15 is 0 Å². The molecule has 0 atom stereocenters. The van der Waals surface area contributed by atoms with Crippen LogP contribution in [0.1, 0.15) is 22.1 Å². The molecular formula is C18H19ClN8O3. The maximum absolute atomic E-state index is 12.4. The van der Waals surface area contributed by atoms with Crippen LogP contribution in [0.15, 0.2) is 22.6 Å². The zero-order valence-corrected chi connectivity index (χ0v) is 17.1. The minimum absolute atomic E-state index is 0.0189. The fraction of sp³-hybridized carbons (Fsp3) is 0.333. The summed E-state index contributed by atoms with van der Waals surface area (Å²) in [5.74, 6) is 0.491. The molecule has 1 aromatic carbocycles. The molecule has 1 aliphatic rings. The van der Waals surface area contributed by atoms with E-state index in [-0.39, 0.29) is 17.9 Å². The quantitative estimate of drug-likeness (QED) is 0.621. The van der Waals surface area contributed by atoms with Gasteiger partial charge in [-0.3, -0.25) is 10.1 Å². The van der Waals surface area contributed by atoms with Crippen LogP contribution in [-0.2, 0) is 4.74 Å². The molecule has 0 bridgehead atoms. The lowest BCUT2D eigenvalue weighted by atomic mass is 10.2. The van der Waals surface area contributed by atoms with E-state index in [1.165, 1.54) is 0 Å². The molecule has 1 saturated heterocycles. The van der Waals surface area contributed by atoms with Gasteiger partial charge in [-0.05, 0) is 25.5 Å². The summed E-state index contributed by atoms with van der Waals surface area (Å²) in [6.45, 7) is 6.19. The van der Waals surface area contributed by atoms with Crippen LogP contribution in [0, 0.1) is 13.8 Å². The van der Waals surface area contributed by atoms with Gasteiger partial charge in [-0.1, -0.05) is 28.8 Å². The van der Waals surface area contributed by atoms with E-state index in [9.17, 15) is 4.79 Å². The average Bonchev–Trinajstić information content (AvgIpc) is 3.19. The molecular weight excluding hydrogens is 412 g/mol. The lowest BCUT2D eigenvalue weighted by Crippen LogP contribution is -2.37. The molecule has 12 heteroatoms. The number of carbonyl (C=O) groups excluding carboxylic acids is 1. The Kier molecular flexibility index (Phi) is 5.72. The molecule has 2 N–H and O–H groups in total. The van der Waals surface area contributed by atoms with Crippen LogP contribution < -0.4 is 15.5 Å². The van der Waals surface area contributed by atoms with E-state index in [4.69, 9.17) is 20.8 Å². The molecule has 0 saturated carbocycles. The third kappa shape index (κ3) is 4.47. The van der Waals surface area contributed by atoms with E-state index in [1.54, 1.807) is 19.1 Å². The number of morpholine rings is 1. The molecule has 11 nitrogen and oxygen atoms in total. The number of aromatic nitrogens is 5. The van der Waals surface area contributed by atoms with Crippen molar-refractivity contribution in [2.45, 2.75) is 13.8 Å². The first kappa shape index (κ1) is 20.0. The number of benzene rings is 1. The topological polar surface area (TPSA) is 131 Å². The van der Waals surface area contributed by atoms with Gasteiger partial charge in [0.1, 0.15) is 5.82 Å². The van der Waals surface area contributed by atoms with E-state index in [1.807, 2.05) is 17.9 Å². The van der Waals surface area contributed by atoms with E-state index in [2.05, 4.69) is 35.8 Å². The highest BCUT2D eigenvalue weighted by Crippen LogP contribution is 2.26. The number of rotatable bonds is 5. The number of para-hydroxylation sites is 1. The van der Waals surface area contributed by atoms with E-state index in [0.29, 0.717) is 48.8 Å². The number of hydrogen-bond donors (Lipinski definition) is 2. The van der Waals surface area contributed by atoms with Gasteiger partial charge in [-0.2, -0.15) is 15.0 Å². The second-order valence-electron chi connectivity index (χ2n) is 6.53. The molecule has 2 aromatic heterocycles. The zero-order valence-electron chi connectivity index (χ0n) is 16.3. The highest BCUT2D eigenvalue weighted by Gasteiger charge is 2.19. The molecule has 3 heterocycles. The third-order valence-corrected chi connectivity index (χ3v) is 4.64. The maximum Gasteiger partial charge on any atom is 0.322 e. The number of aryl methyl sites for hydroxylation is 2. The lowest BCUT2D eigenvalue weighted by molar-refractivity contribution is 0.0991. The Bertz CT molecular complexity index is 1050. The van der Waals surface area contributed by atoms with Crippen molar-refractivity contribution < 1.29 is 13.9 Å². The van der Waals surface area contributed by atoms with Crippen LogP contribution in [0.25, 0.3) is 0 Å². The maximum atomic E-state index is 12.4. The Morgan fingerprint density at radius 2 is 1.93 bits per heavy atom. The van der Waals surface area contributed by atoms with Gasteiger partial charge in [0.15, 0.2) is 0 Å². The van der Waals surface area contributed by atoms with Crippen molar-refractivity contribution in [3.8, 4) is 0 Å². The highest BCUT2D eigenvalue weighted by atomic mass is 35.5. The number of hydrogen-bond acceptors (Lipinski definition) is 10. The molecule has 0 aliphatic carbocycles. The number of anilines is 4. The first-order chi connectivity index (χ1) is 14.5. The van der Waals surface area contributed by atoms with Gasteiger partial charge in [0.05, 0.1) is 23.9 Å². The summed E-state index contributed by atoms with van der Waals surface area (Å²) in [5, 5.41) is 13.5. The van der Waals surface area contributed by atoms with Gasteiger partial charge in [-0.15, -0.1) is 5.10 Å². The number of halogens is 1. The Hall–Kier alpha value is -3.31. The van der Waals surface area contributed by atoms with Crippen molar-refractivity contribution in [2.24, 2.45) is 0 Å². The molecule has 1 fully saturated rings. The molecule has 1 aliphatic heterocycles. The number of nitrogens with zero attached hydrogens (tertiary/aromatic N) is 6. The Labute approximate surface area is 176 Å². The molecule has 156 valence electrons. The first-order valence-corrected chi connectivity index (χ1v) is 9.60.